The molecule has 0 saturated heterocycles. The van der Waals surface area contributed by atoms with Crippen LogP contribution in [-0.4, -0.2) is 23.5 Å². The Kier molecular flexibility index (Phi) is 2.68. The molecular formula is C8H19N. The van der Waals surface area contributed by atoms with Crippen LogP contribution in [0.15, 0.2) is 0 Å². The van der Waals surface area contributed by atoms with Gasteiger partial charge in [0.25, 0.3) is 0 Å². The Morgan fingerprint density at radius 2 is 1.44 bits per heavy atom. The Balaban J connectivity index is 3.88. The maximum Gasteiger partial charge on any atom is 0.0124 e. The van der Waals surface area contributed by atoms with Crippen molar-refractivity contribution in [2.45, 2.75) is 46.2 Å². The smallest absolute Gasteiger partial charge is 0.0124 e. The van der Waals surface area contributed by atoms with Gasteiger partial charge < -0.3 is 0 Å². The summed E-state index contributed by atoms with van der Waals surface area (Å²) < 4.78 is 0. The van der Waals surface area contributed by atoms with E-state index in [1.807, 2.05) is 0 Å². The zero-order valence-electron chi connectivity index (χ0n) is 7.52. The van der Waals surface area contributed by atoms with E-state index in [1.165, 1.54) is 0 Å². The lowest BCUT2D eigenvalue weighted by Crippen LogP contribution is -2.42. The molecule has 0 heterocycles. The lowest BCUT2D eigenvalue weighted by atomic mass is 10.1. The van der Waals surface area contributed by atoms with Crippen LogP contribution in [0.5, 0.6) is 0 Å². The average molecular weight is 129 g/mol. The van der Waals surface area contributed by atoms with Crippen molar-refractivity contribution in [3.05, 3.63) is 0 Å². The van der Waals surface area contributed by atoms with E-state index in [2.05, 4.69) is 46.6 Å². The fourth-order valence-corrected chi connectivity index (χ4v) is 0.775. The lowest BCUT2D eigenvalue weighted by Gasteiger charge is -2.35. The summed E-state index contributed by atoms with van der Waals surface area (Å²) in [6, 6.07) is 0.644. The summed E-state index contributed by atoms with van der Waals surface area (Å²) >= 11 is 0. The van der Waals surface area contributed by atoms with Gasteiger partial charge in [0.1, 0.15) is 0 Å². The second kappa shape index (κ2) is 2.70. The van der Waals surface area contributed by atoms with Gasteiger partial charge in [-0.3, -0.25) is 4.90 Å². The van der Waals surface area contributed by atoms with Crippen LogP contribution in [0, 0.1) is 0 Å². The summed E-state index contributed by atoms with van der Waals surface area (Å²) in [4.78, 5) is 2.35. The van der Waals surface area contributed by atoms with E-state index >= 15 is 0 Å². The van der Waals surface area contributed by atoms with Crippen LogP contribution < -0.4 is 0 Å². The zero-order valence-corrected chi connectivity index (χ0v) is 7.52. The van der Waals surface area contributed by atoms with Crippen LogP contribution in [0.1, 0.15) is 34.6 Å². The molecule has 0 aliphatic heterocycles. The van der Waals surface area contributed by atoms with Crippen LogP contribution in [0.3, 0.4) is 0 Å². The highest BCUT2D eigenvalue weighted by molar-refractivity contribution is 4.74. The van der Waals surface area contributed by atoms with Crippen LogP contribution >= 0.6 is 0 Å². The van der Waals surface area contributed by atoms with Gasteiger partial charge in [0, 0.05) is 11.6 Å². The molecule has 0 rings (SSSR count). The summed E-state index contributed by atoms with van der Waals surface area (Å²) in [5, 5.41) is 0. The van der Waals surface area contributed by atoms with Gasteiger partial charge in [0.15, 0.2) is 0 Å². The summed E-state index contributed by atoms with van der Waals surface area (Å²) in [6.07, 6.45) is 0. The van der Waals surface area contributed by atoms with Crippen molar-refractivity contribution in [2.75, 3.05) is 7.05 Å². The molecule has 0 N–H and O–H groups in total. The van der Waals surface area contributed by atoms with E-state index in [0.29, 0.717) is 11.6 Å². The van der Waals surface area contributed by atoms with Crippen LogP contribution in [-0.2, 0) is 0 Å². The fourth-order valence-electron chi connectivity index (χ4n) is 0.775. The normalized spacial score (nSPS) is 13.3. The maximum absolute atomic E-state index is 2.35. The average Bonchev–Trinajstić information content (AvgIpc) is 1.62. The van der Waals surface area contributed by atoms with Gasteiger partial charge in [-0.1, -0.05) is 0 Å². The molecule has 1 nitrogen and oxygen atoms in total. The van der Waals surface area contributed by atoms with Gasteiger partial charge in [-0.2, -0.15) is 0 Å². The summed E-state index contributed by atoms with van der Waals surface area (Å²) in [7, 11) is 2.16. The fraction of sp³-hybridized carbons (Fsp3) is 1.00. The molecule has 0 aromatic heterocycles. The van der Waals surface area contributed by atoms with E-state index in [0.717, 1.165) is 0 Å². The zero-order chi connectivity index (χ0) is 7.65. The third-order valence-electron chi connectivity index (χ3n) is 1.83. The van der Waals surface area contributed by atoms with Gasteiger partial charge in [-0.05, 0) is 41.7 Å². The number of hydrogen-bond acceptors (Lipinski definition) is 1. The molecule has 0 bridgehead atoms. The predicted molar refractivity (Wildman–Crippen MR) is 42.7 cm³/mol. The largest absolute Gasteiger partial charge is 0.299 e. The van der Waals surface area contributed by atoms with Crippen LogP contribution in [0.4, 0.5) is 0 Å². The van der Waals surface area contributed by atoms with Gasteiger partial charge in [0.05, 0.1) is 0 Å². The minimum Gasteiger partial charge on any atom is -0.299 e. The third kappa shape index (κ3) is 2.85. The number of rotatable bonds is 1. The van der Waals surface area contributed by atoms with Crippen molar-refractivity contribution in [3.63, 3.8) is 0 Å². The molecule has 0 aromatic carbocycles. The van der Waals surface area contributed by atoms with E-state index in [1.54, 1.807) is 0 Å². The second-order valence-electron chi connectivity index (χ2n) is 3.88. The van der Waals surface area contributed by atoms with E-state index in [-0.39, 0.29) is 0 Å². The van der Waals surface area contributed by atoms with Gasteiger partial charge in [-0.25, -0.2) is 0 Å². The molecule has 1 heteroatoms. The molecule has 0 fully saturated rings. The molecular weight excluding hydrogens is 110 g/mol. The molecule has 0 spiro atoms. The van der Waals surface area contributed by atoms with Crippen molar-refractivity contribution < 1.29 is 0 Å². The van der Waals surface area contributed by atoms with Crippen molar-refractivity contribution >= 4 is 0 Å². The van der Waals surface area contributed by atoms with Crippen molar-refractivity contribution in [3.8, 4) is 0 Å². The summed E-state index contributed by atoms with van der Waals surface area (Å²) in [5.74, 6) is 0. The Hall–Kier alpha value is -0.0400. The first kappa shape index (κ1) is 8.96. The molecule has 0 aliphatic carbocycles. The Labute approximate surface area is 59.1 Å². The Bertz CT molecular complexity index is 79.1. The minimum absolute atomic E-state index is 0.314. The highest BCUT2D eigenvalue weighted by Crippen LogP contribution is 2.12. The van der Waals surface area contributed by atoms with Crippen LogP contribution in [0.2, 0.25) is 0 Å². The number of hydrogen-bond donors (Lipinski definition) is 0. The maximum atomic E-state index is 2.35. The summed E-state index contributed by atoms with van der Waals surface area (Å²) in [5.41, 5.74) is 0.314. The van der Waals surface area contributed by atoms with Gasteiger partial charge in [0.2, 0.25) is 0 Å². The molecule has 0 aromatic rings. The SMILES string of the molecule is CC(C)N(C)C(C)(C)C. The topological polar surface area (TPSA) is 3.24 Å². The molecule has 0 amide bonds. The summed E-state index contributed by atoms with van der Waals surface area (Å²) in [6.45, 7) is 11.1. The van der Waals surface area contributed by atoms with Crippen molar-refractivity contribution in [2.24, 2.45) is 0 Å². The number of nitrogens with zero attached hydrogens (tertiary/aromatic N) is 1. The molecule has 0 saturated carbocycles. The first-order valence-electron chi connectivity index (χ1n) is 3.58. The van der Waals surface area contributed by atoms with Gasteiger partial charge >= 0.3 is 0 Å². The van der Waals surface area contributed by atoms with E-state index in [9.17, 15) is 0 Å². The molecule has 0 unspecified atom stereocenters. The first-order chi connectivity index (χ1) is 3.85. The quantitative estimate of drug-likeness (QED) is 0.524. The molecule has 0 atom stereocenters. The third-order valence-corrected chi connectivity index (χ3v) is 1.83. The highest BCUT2D eigenvalue weighted by atomic mass is 15.2. The second-order valence-corrected chi connectivity index (χ2v) is 3.88. The minimum atomic E-state index is 0.314. The molecule has 0 aliphatic rings. The van der Waals surface area contributed by atoms with Crippen LogP contribution in [0.25, 0.3) is 0 Å². The predicted octanol–water partition coefficient (Wildman–Crippen LogP) is 2.13. The highest BCUT2D eigenvalue weighted by Gasteiger charge is 2.18. The van der Waals surface area contributed by atoms with Crippen molar-refractivity contribution in [1.29, 1.82) is 0 Å². The molecule has 56 valence electrons. The van der Waals surface area contributed by atoms with Crippen molar-refractivity contribution in [1.82, 2.24) is 4.90 Å². The molecule has 9 heavy (non-hydrogen) atoms. The Morgan fingerprint density at radius 1 is 1.11 bits per heavy atom. The lowest BCUT2D eigenvalue weighted by molar-refractivity contribution is 0.136. The van der Waals surface area contributed by atoms with E-state index in [4.69, 9.17) is 0 Å². The standard InChI is InChI=1S/C8H19N/c1-7(2)9(6)8(3,4)5/h7H,1-6H3. The Morgan fingerprint density at radius 3 is 1.44 bits per heavy atom. The van der Waals surface area contributed by atoms with Gasteiger partial charge in [-0.15, -0.1) is 0 Å². The van der Waals surface area contributed by atoms with E-state index < -0.39 is 0 Å². The molecule has 0 radical (unpaired) electrons. The monoisotopic (exact) mass is 129 g/mol. The first-order valence-corrected chi connectivity index (χ1v) is 3.58.